The van der Waals surface area contributed by atoms with Crippen LogP contribution in [-0.4, -0.2) is 28.2 Å². The quantitative estimate of drug-likeness (QED) is 0.500. The minimum absolute atomic E-state index is 0.0508. The van der Waals surface area contributed by atoms with Gasteiger partial charge in [0.2, 0.25) is 0 Å². The first-order valence-electron chi connectivity index (χ1n) is 10.4. The minimum Gasteiger partial charge on any atom is -0.481 e. The second kappa shape index (κ2) is 8.56. The summed E-state index contributed by atoms with van der Waals surface area (Å²) in [5.41, 5.74) is 1.68. The molecule has 1 aliphatic carbocycles. The van der Waals surface area contributed by atoms with Crippen molar-refractivity contribution < 1.29 is 19.8 Å². The van der Waals surface area contributed by atoms with Gasteiger partial charge in [0.25, 0.3) is 0 Å². The number of benzene rings is 2. The van der Waals surface area contributed by atoms with E-state index in [-0.39, 0.29) is 6.42 Å². The summed E-state index contributed by atoms with van der Waals surface area (Å²) in [5, 5.41) is 20.8. The molecule has 0 bridgehead atoms. The fourth-order valence-corrected chi connectivity index (χ4v) is 6.28. The van der Waals surface area contributed by atoms with Crippen molar-refractivity contribution in [2.24, 2.45) is 5.41 Å². The maximum Gasteiger partial charge on any atom is 0.303 e. The predicted molar refractivity (Wildman–Crippen MR) is 121 cm³/mol. The van der Waals surface area contributed by atoms with Crippen LogP contribution in [0.2, 0.25) is 0 Å². The van der Waals surface area contributed by atoms with Crippen LogP contribution in [0.3, 0.4) is 0 Å². The standard InChI is InChI=1S/C25H30O4S/c1-4-14-30-25(24(12-13-24)16-22(27)28,19-9-7-8-18(15-19)17-26)21-11-6-5-10-20(21)23(2,3)29/h5-11,15,17,29H,4,12-14,16H2,1-3H3,(H,27,28). The third kappa shape index (κ3) is 4.06. The van der Waals surface area contributed by atoms with E-state index in [4.69, 9.17) is 0 Å². The van der Waals surface area contributed by atoms with Crippen LogP contribution in [0.1, 0.15) is 73.5 Å². The first-order valence-corrected chi connectivity index (χ1v) is 11.4. The van der Waals surface area contributed by atoms with Crippen molar-refractivity contribution in [3.05, 3.63) is 70.8 Å². The van der Waals surface area contributed by atoms with Crippen LogP contribution >= 0.6 is 11.8 Å². The third-order valence-corrected chi connectivity index (χ3v) is 7.94. The largest absolute Gasteiger partial charge is 0.481 e. The van der Waals surface area contributed by atoms with E-state index in [1.165, 1.54) is 0 Å². The summed E-state index contributed by atoms with van der Waals surface area (Å²) in [6.07, 6.45) is 3.41. The average molecular weight is 427 g/mol. The number of thioether (sulfide) groups is 1. The maximum atomic E-state index is 11.9. The Morgan fingerprint density at radius 3 is 2.33 bits per heavy atom. The summed E-state index contributed by atoms with van der Waals surface area (Å²) >= 11 is 1.75. The van der Waals surface area contributed by atoms with Gasteiger partial charge < -0.3 is 10.2 Å². The fourth-order valence-electron chi connectivity index (χ4n) is 4.56. The average Bonchev–Trinajstić information content (AvgIpc) is 3.48. The Bertz CT molecular complexity index is 927. The van der Waals surface area contributed by atoms with Gasteiger partial charge in [0.05, 0.1) is 16.8 Å². The summed E-state index contributed by atoms with van der Waals surface area (Å²) in [5.74, 6) is 0.0219. The van der Waals surface area contributed by atoms with Crippen molar-refractivity contribution in [1.29, 1.82) is 0 Å². The number of aldehydes is 1. The van der Waals surface area contributed by atoms with Crippen LogP contribution < -0.4 is 0 Å². The monoisotopic (exact) mass is 426 g/mol. The maximum absolute atomic E-state index is 11.9. The van der Waals surface area contributed by atoms with Gasteiger partial charge in [-0.15, -0.1) is 11.8 Å². The molecule has 0 amide bonds. The van der Waals surface area contributed by atoms with Gasteiger partial charge in [-0.3, -0.25) is 9.59 Å². The Morgan fingerprint density at radius 2 is 1.80 bits per heavy atom. The van der Waals surface area contributed by atoms with Crippen molar-refractivity contribution in [3.8, 4) is 0 Å². The van der Waals surface area contributed by atoms with Crippen molar-refractivity contribution in [2.75, 3.05) is 5.75 Å². The topological polar surface area (TPSA) is 74.6 Å². The van der Waals surface area contributed by atoms with Crippen LogP contribution in [0, 0.1) is 5.41 Å². The Balaban J connectivity index is 2.38. The predicted octanol–water partition coefficient (Wildman–Crippen LogP) is 5.37. The van der Waals surface area contributed by atoms with E-state index in [1.54, 1.807) is 31.7 Å². The molecule has 1 atom stereocenters. The van der Waals surface area contributed by atoms with Gasteiger partial charge in [0.1, 0.15) is 6.29 Å². The van der Waals surface area contributed by atoms with Gasteiger partial charge >= 0.3 is 5.97 Å². The van der Waals surface area contributed by atoms with E-state index in [0.717, 1.165) is 48.0 Å². The van der Waals surface area contributed by atoms with E-state index in [2.05, 4.69) is 6.92 Å². The van der Waals surface area contributed by atoms with Gasteiger partial charge in [0, 0.05) is 11.0 Å². The molecular weight excluding hydrogens is 396 g/mol. The van der Waals surface area contributed by atoms with Gasteiger partial charge in [-0.25, -0.2) is 0 Å². The Labute approximate surface area is 182 Å². The molecular formula is C25H30O4S. The summed E-state index contributed by atoms with van der Waals surface area (Å²) in [6, 6.07) is 15.3. The minimum atomic E-state index is -1.09. The molecule has 5 heteroatoms. The summed E-state index contributed by atoms with van der Waals surface area (Å²) in [6.45, 7) is 5.64. The lowest BCUT2D eigenvalue weighted by atomic mass is 9.72. The molecule has 0 saturated heterocycles. The molecule has 4 nitrogen and oxygen atoms in total. The molecule has 0 aromatic heterocycles. The number of hydrogen-bond acceptors (Lipinski definition) is 4. The summed E-state index contributed by atoms with van der Waals surface area (Å²) < 4.78 is -0.670. The fraction of sp³-hybridized carbons (Fsp3) is 0.440. The van der Waals surface area contributed by atoms with Crippen molar-refractivity contribution in [3.63, 3.8) is 0 Å². The zero-order valence-electron chi connectivity index (χ0n) is 17.9. The molecule has 1 saturated carbocycles. The Morgan fingerprint density at radius 1 is 1.13 bits per heavy atom. The Kier molecular flexibility index (Phi) is 6.44. The number of carbonyl (C=O) groups excluding carboxylic acids is 1. The highest BCUT2D eigenvalue weighted by Crippen LogP contribution is 2.69. The number of aliphatic carboxylic acids is 1. The summed E-state index contributed by atoms with van der Waals surface area (Å²) in [7, 11) is 0. The number of carboxylic acid groups (broad SMARTS) is 1. The van der Waals surface area contributed by atoms with E-state index >= 15 is 0 Å². The number of carbonyl (C=O) groups is 2. The third-order valence-electron chi connectivity index (χ3n) is 6.01. The highest BCUT2D eigenvalue weighted by atomic mass is 32.2. The first kappa shape index (κ1) is 22.6. The number of hydrogen-bond donors (Lipinski definition) is 2. The second-order valence-corrected chi connectivity index (χ2v) is 10.0. The first-order chi connectivity index (χ1) is 14.2. The van der Waals surface area contributed by atoms with Crippen molar-refractivity contribution in [1.82, 2.24) is 0 Å². The van der Waals surface area contributed by atoms with E-state index < -0.39 is 21.7 Å². The van der Waals surface area contributed by atoms with Gasteiger partial charge in [-0.1, -0.05) is 49.4 Å². The van der Waals surface area contributed by atoms with Crippen LogP contribution in [0.25, 0.3) is 0 Å². The SMILES string of the molecule is CCCSC(c1cccc(C=O)c1)(c1ccccc1C(C)(C)O)C1(CC(=O)O)CC1. The van der Waals surface area contributed by atoms with Gasteiger partial charge in [0.15, 0.2) is 0 Å². The van der Waals surface area contributed by atoms with E-state index in [1.807, 2.05) is 42.5 Å². The smallest absolute Gasteiger partial charge is 0.303 e. The molecule has 160 valence electrons. The van der Waals surface area contributed by atoms with Crippen LogP contribution in [0.15, 0.2) is 48.5 Å². The van der Waals surface area contributed by atoms with Gasteiger partial charge in [-0.05, 0) is 61.6 Å². The molecule has 2 aromatic carbocycles. The number of rotatable bonds is 10. The summed E-state index contributed by atoms with van der Waals surface area (Å²) in [4.78, 5) is 23.5. The van der Waals surface area contributed by atoms with Crippen LogP contribution in [-0.2, 0) is 15.1 Å². The van der Waals surface area contributed by atoms with Crippen molar-refractivity contribution >= 4 is 24.0 Å². The Hall–Kier alpha value is -2.11. The molecule has 2 N–H and O–H groups in total. The highest BCUT2D eigenvalue weighted by Gasteiger charge is 2.62. The molecule has 3 rings (SSSR count). The van der Waals surface area contributed by atoms with Crippen molar-refractivity contribution in [2.45, 2.75) is 56.8 Å². The normalized spacial score (nSPS) is 17.2. The lowest BCUT2D eigenvalue weighted by molar-refractivity contribution is -0.138. The molecule has 30 heavy (non-hydrogen) atoms. The molecule has 1 unspecified atom stereocenters. The molecule has 0 spiro atoms. The van der Waals surface area contributed by atoms with Crippen LogP contribution in [0.5, 0.6) is 0 Å². The van der Waals surface area contributed by atoms with Gasteiger partial charge in [-0.2, -0.15) is 0 Å². The molecule has 0 aliphatic heterocycles. The number of carboxylic acids is 1. The lowest BCUT2D eigenvalue weighted by Gasteiger charge is -2.44. The molecule has 2 aromatic rings. The van der Waals surface area contributed by atoms with E-state index in [9.17, 15) is 19.8 Å². The lowest BCUT2D eigenvalue weighted by Crippen LogP contribution is -2.39. The zero-order valence-corrected chi connectivity index (χ0v) is 18.7. The molecule has 0 heterocycles. The van der Waals surface area contributed by atoms with E-state index in [0.29, 0.717) is 5.56 Å². The zero-order chi connectivity index (χ0) is 22.0. The highest BCUT2D eigenvalue weighted by molar-refractivity contribution is 8.00. The number of aliphatic hydroxyl groups is 1. The molecule has 0 radical (unpaired) electrons. The second-order valence-electron chi connectivity index (χ2n) is 8.73. The molecule has 1 aliphatic rings. The van der Waals surface area contributed by atoms with Crippen LogP contribution in [0.4, 0.5) is 0 Å². The molecule has 1 fully saturated rings.